The predicted molar refractivity (Wildman–Crippen MR) is 335 cm³/mol. The molecule has 0 aliphatic carbocycles. The Kier molecular flexibility index (Phi) is 12.2. The van der Waals surface area contributed by atoms with Gasteiger partial charge in [0.1, 0.15) is 0 Å². The average Bonchev–Trinajstić information content (AvgIpc) is 4.35. The van der Waals surface area contributed by atoms with Crippen LogP contribution in [-0.4, -0.2) is 0 Å². The van der Waals surface area contributed by atoms with E-state index in [1.165, 1.54) is 125 Å². The summed E-state index contributed by atoms with van der Waals surface area (Å²) >= 11 is 11.5. The minimum Gasteiger partial charge on any atom is -0.139 e. The molecule has 0 saturated carbocycles. The summed E-state index contributed by atoms with van der Waals surface area (Å²) in [5.41, 5.74) is 14.2. The van der Waals surface area contributed by atoms with E-state index < -0.39 is 0 Å². The summed E-state index contributed by atoms with van der Waals surface area (Å²) in [7, 11) is 0. The Morgan fingerprint density at radius 3 is 0.605 bits per heavy atom. The molecule has 26 bridgehead atoms. The summed E-state index contributed by atoms with van der Waals surface area (Å²) in [6, 6.07) is 83.2. The van der Waals surface area contributed by atoms with Gasteiger partial charge >= 0.3 is 0 Å². The maximum atomic E-state index is 2.44. The lowest BCUT2D eigenvalue weighted by atomic mass is 9.85. The van der Waals surface area contributed by atoms with E-state index in [-0.39, 0.29) is 10.8 Å². The predicted octanol–water partition coefficient (Wildman–Crippen LogP) is 21.5. The zero-order chi connectivity index (χ0) is 50.8. The lowest BCUT2D eigenvalue weighted by Crippen LogP contribution is -2.21. The first-order valence-corrected chi connectivity index (χ1v) is 30.8. The van der Waals surface area contributed by atoms with Gasteiger partial charge in [-0.1, -0.05) is 170 Å². The first-order chi connectivity index (χ1) is 37.3. The molecule has 0 amide bonds. The topological polar surface area (TPSA) is 0 Å². The van der Waals surface area contributed by atoms with Crippen LogP contribution in [0.3, 0.4) is 0 Å². The Bertz CT molecular complexity index is 3640. The molecule has 6 aromatic heterocycles. The zero-order valence-electron chi connectivity index (χ0n) is 42.0. The molecule has 21 aliphatic heterocycles. The standard InChI is InChI=1S/C70H50S6/c1-69-63-39-33-57(71-63)51-21-9-45(10-22-51)3-6-48-15-27-54(28-16-48)60-36-42-66(74-60)70(2,67-43-37-61(75-67)55-29-17-49(18-30-55)7-4-46-11-23-52(24-12-46)58-34-40-64(69)72-58)68-44-38-62(76-68)56-31-19-50(20-32-56)8-5-47-13-25-53(26-14-47)59-35-41-65(69)73-59/h3-4,6-7,9-44H,5,8H2,1-2H3/b6-3-,7-4?. The van der Waals surface area contributed by atoms with Gasteiger partial charge in [0.2, 0.25) is 0 Å². The number of rotatable bonds is 0. The summed E-state index contributed by atoms with van der Waals surface area (Å²) in [6.07, 6.45) is 10.9. The Balaban J connectivity index is 0.924. The maximum absolute atomic E-state index is 2.44. The van der Waals surface area contributed by atoms with Gasteiger partial charge in [-0.15, -0.1) is 68.0 Å². The molecule has 0 radical (unpaired) electrons. The van der Waals surface area contributed by atoms with E-state index in [1.54, 1.807) is 0 Å². The van der Waals surface area contributed by atoms with Crippen molar-refractivity contribution in [1.29, 1.82) is 0 Å². The molecule has 0 nitrogen and oxygen atoms in total. The van der Waals surface area contributed by atoms with Gasteiger partial charge in [0.15, 0.2) is 0 Å². The summed E-state index contributed by atoms with van der Waals surface area (Å²) in [6.45, 7) is 4.88. The Hall–Kier alpha value is -7.00. The van der Waals surface area contributed by atoms with E-state index in [0.717, 1.165) is 12.8 Å². The van der Waals surface area contributed by atoms with Crippen LogP contribution in [0.4, 0.5) is 0 Å². The average molecular weight is 1080 g/mol. The van der Waals surface area contributed by atoms with E-state index in [2.05, 4.69) is 257 Å². The zero-order valence-corrected chi connectivity index (χ0v) is 46.9. The van der Waals surface area contributed by atoms with Crippen LogP contribution >= 0.6 is 68.0 Å². The Morgan fingerprint density at radius 1 is 0.224 bits per heavy atom. The van der Waals surface area contributed by atoms with Crippen molar-refractivity contribution >= 4 is 92.3 Å². The van der Waals surface area contributed by atoms with Gasteiger partial charge in [-0.3, -0.25) is 0 Å². The second-order valence-corrected chi connectivity index (χ2v) is 26.8. The number of benzene rings is 6. The quantitative estimate of drug-likeness (QED) is 0.142. The third-order valence-electron chi connectivity index (χ3n) is 15.5. The Labute approximate surface area is 469 Å². The number of thiophene rings is 6. The molecule has 0 fully saturated rings. The van der Waals surface area contributed by atoms with Crippen molar-refractivity contribution in [1.82, 2.24) is 0 Å². The molecule has 6 heteroatoms. The molecule has 2 unspecified atom stereocenters. The third kappa shape index (κ3) is 8.81. The second-order valence-electron chi connectivity index (χ2n) is 20.3. The number of hydrogen-bond acceptors (Lipinski definition) is 6. The van der Waals surface area contributed by atoms with Gasteiger partial charge in [-0.25, -0.2) is 0 Å². The molecule has 6 aromatic carbocycles. The normalized spacial score (nSPS) is 17.1. The fraction of sp³-hybridized carbons (Fsp3) is 0.0857. The van der Waals surface area contributed by atoms with Crippen LogP contribution in [0.25, 0.3) is 86.9 Å². The van der Waals surface area contributed by atoms with Crippen LogP contribution in [0.1, 0.15) is 76.5 Å². The van der Waals surface area contributed by atoms with E-state index in [1.807, 2.05) is 68.0 Å². The van der Waals surface area contributed by atoms with E-state index >= 15 is 0 Å². The maximum Gasteiger partial charge on any atom is 0.0704 e. The minimum absolute atomic E-state index is 0.349. The highest BCUT2D eigenvalue weighted by Gasteiger charge is 2.38. The largest absolute Gasteiger partial charge is 0.139 e. The van der Waals surface area contributed by atoms with Gasteiger partial charge in [-0.05, 0) is 166 Å². The molecular formula is C70H50S6. The van der Waals surface area contributed by atoms with Crippen molar-refractivity contribution in [3.63, 3.8) is 0 Å². The molecule has 27 heterocycles. The van der Waals surface area contributed by atoms with Gasteiger partial charge in [0, 0.05) is 58.5 Å². The fourth-order valence-electron chi connectivity index (χ4n) is 10.7. The van der Waals surface area contributed by atoms with Crippen LogP contribution in [0.15, 0.2) is 218 Å². The molecule has 0 saturated heterocycles. The van der Waals surface area contributed by atoms with Crippen molar-refractivity contribution in [2.75, 3.05) is 0 Å². The SMILES string of the molecule is CC12c3ccc(s3)-c3ccc(cc3)C=Cc3ccc(cc3)-c3ccc(s3)C(C)(c3ccc(s3)-c3ccc(cc3)/C=C\c3ccc(cc3)-c3ccc1s3)c1ccc(s1)-c1ccc(cc1)CCc1ccc(cc1)-c1ccc2s1. The first-order valence-electron chi connectivity index (χ1n) is 25.9. The minimum atomic E-state index is -0.349. The molecule has 0 spiro atoms. The van der Waals surface area contributed by atoms with Crippen LogP contribution in [0, 0.1) is 0 Å². The van der Waals surface area contributed by atoms with Crippen LogP contribution in [0.5, 0.6) is 0 Å². The highest BCUT2D eigenvalue weighted by atomic mass is 32.1. The summed E-state index contributed by atoms with van der Waals surface area (Å²) < 4.78 is 0. The summed E-state index contributed by atoms with van der Waals surface area (Å²) in [4.78, 5) is 15.8. The van der Waals surface area contributed by atoms with Crippen molar-refractivity contribution in [3.05, 3.63) is 281 Å². The molecule has 33 rings (SSSR count). The van der Waals surface area contributed by atoms with Crippen LogP contribution in [-0.2, 0) is 23.7 Å². The van der Waals surface area contributed by atoms with Crippen molar-refractivity contribution < 1.29 is 0 Å². The first kappa shape index (κ1) is 47.5. The molecule has 0 N–H and O–H groups in total. The third-order valence-corrected chi connectivity index (χ3v) is 23.6. The number of hydrogen-bond donors (Lipinski definition) is 0. The Morgan fingerprint density at radius 2 is 0.408 bits per heavy atom. The van der Waals surface area contributed by atoms with Gasteiger partial charge in [-0.2, -0.15) is 0 Å². The van der Waals surface area contributed by atoms with Gasteiger partial charge in [0.05, 0.1) is 10.8 Å². The molecule has 76 heavy (non-hydrogen) atoms. The molecule has 21 aliphatic rings. The van der Waals surface area contributed by atoms with Crippen LogP contribution in [0.2, 0.25) is 0 Å². The molecule has 12 aromatic rings. The fourth-order valence-corrected chi connectivity index (χ4v) is 18.2. The van der Waals surface area contributed by atoms with E-state index in [0.29, 0.717) is 0 Å². The van der Waals surface area contributed by atoms with Crippen molar-refractivity contribution in [3.8, 4) is 62.6 Å². The molecular weight excluding hydrogens is 1030 g/mol. The van der Waals surface area contributed by atoms with Crippen molar-refractivity contribution in [2.24, 2.45) is 0 Å². The lowest BCUT2D eigenvalue weighted by molar-refractivity contribution is 0.744. The molecule has 366 valence electrons. The van der Waals surface area contributed by atoms with Crippen LogP contribution < -0.4 is 0 Å². The second kappa shape index (κ2) is 19.5. The van der Waals surface area contributed by atoms with Gasteiger partial charge in [0.25, 0.3) is 0 Å². The smallest absolute Gasteiger partial charge is 0.0704 e. The van der Waals surface area contributed by atoms with E-state index in [9.17, 15) is 0 Å². The highest BCUT2D eigenvalue weighted by Crippen LogP contribution is 2.52. The summed E-state index contributed by atoms with van der Waals surface area (Å²) in [5.74, 6) is 0. The summed E-state index contributed by atoms with van der Waals surface area (Å²) in [5, 5.41) is 0. The number of aryl methyl sites for hydroxylation is 2. The lowest BCUT2D eigenvalue weighted by Gasteiger charge is -2.26. The van der Waals surface area contributed by atoms with Crippen molar-refractivity contribution in [2.45, 2.75) is 37.5 Å². The molecule has 2 atom stereocenters. The highest BCUT2D eigenvalue weighted by molar-refractivity contribution is 7.20. The van der Waals surface area contributed by atoms with Gasteiger partial charge < -0.3 is 0 Å². The monoisotopic (exact) mass is 1080 g/mol. The van der Waals surface area contributed by atoms with E-state index in [4.69, 9.17) is 0 Å².